The molecule has 0 fully saturated rings. The molecular weight excluding hydrogens is 260 g/mol. The van der Waals surface area contributed by atoms with Crippen molar-refractivity contribution in [3.63, 3.8) is 0 Å². The highest BCUT2D eigenvalue weighted by atomic mass is 79.9. The summed E-state index contributed by atoms with van der Waals surface area (Å²) in [6.45, 7) is 4.11. The number of aromatic amines is 1. The van der Waals surface area contributed by atoms with E-state index in [2.05, 4.69) is 37.9 Å². The van der Waals surface area contributed by atoms with Gasteiger partial charge in [-0.25, -0.2) is 9.67 Å². The lowest BCUT2D eigenvalue weighted by molar-refractivity contribution is 0.487. The van der Waals surface area contributed by atoms with Crippen LogP contribution in [0.15, 0.2) is 15.7 Å². The van der Waals surface area contributed by atoms with Crippen molar-refractivity contribution >= 4 is 27.0 Å². The van der Waals surface area contributed by atoms with Gasteiger partial charge in [0.15, 0.2) is 5.65 Å². The van der Waals surface area contributed by atoms with Gasteiger partial charge >= 0.3 is 0 Å². The number of fused-ring (bicyclic) bond motifs is 1. The fraction of sp³-hybridized carbons (Fsp3) is 0.444. The van der Waals surface area contributed by atoms with Gasteiger partial charge in [0.25, 0.3) is 5.56 Å². The number of hydrogen-bond acceptors (Lipinski definition) is 3. The maximum atomic E-state index is 11.5. The summed E-state index contributed by atoms with van der Waals surface area (Å²) in [6.07, 6.45) is 2.34. The van der Waals surface area contributed by atoms with Gasteiger partial charge in [-0.1, -0.05) is 6.92 Å². The Morgan fingerprint density at radius 1 is 1.67 bits per heavy atom. The van der Waals surface area contributed by atoms with Crippen LogP contribution < -0.4 is 5.56 Å². The Bertz CT molecular complexity index is 545. The predicted octanol–water partition coefficient (Wildman–Crippen LogP) is 1.85. The summed E-state index contributed by atoms with van der Waals surface area (Å²) in [5, 5.41) is 4.78. The Morgan fingerprint density at radius 3 is 3.07 bits per heavy atom. The normalized spacial score (nSPS) is 13.3. The molecule has 2 rings (SSSR count). The van der Waals surface area contributed by atoms with E-state index in [-0.39, 0.29) is 11.6 Å². The fourth-order valence-electron chi connectivity index (χ4n) is 1.42. The minimum absolute atomic E-state index is 0.165. The fourth-order valence-corrected chi connectivity index (χ4v) is 1.95. The average molecular weight is 271 g/mol. The Balaban J connectivity index is 2.79. The molecule has 0 aliphatic heterocycles. The van der Waals surface area contributed by atoms with E-state index < -0.39 is 0 Å². The molecule has 0 spiro atoms. The van der Waals surface area contributed by atoms with E-state index in [0.717, 1.165) is 6.42 Å². The first-order chi connectivity index (χ1) is 7.15. The zero-order chi connectivity index (χ0) is 11.0. The van der Waals surface area contributed by atoms with Gasteiger partial charge in [-0.3, -0.25) is 4.79 Å². The van der Waals surface area contributed by atoms with Crippen molar-refractivity contribution in [2.45, 2.75) is 26.3 Å². The zero-order valence-electron chi connectivity index (χ0n) is 8.49. The Kier molecular flexibility index (Phi) is 2.60. The van der Waals surface area contributed by atoms with Crippen LogP contribution in [-0.2, 0) is 0 Å². The molecule has 2 aromatic heterocycles. The van der Waals surface area contributed by atoms with Gasteiger partial charge in [0.2, 0.25) is 0 Å². The lowest BCUT2D eigenvalue weighted by Gasteiger charge is -2.08. The minimum Gasteiger partial charge on any atom is -0.312 e. The van der Waals surface area contributed by atoms with Crippen LogP contribution in [0.3, 0.4) is 0 Å². The molecule has 0 saturated carbocycles. The molecule has 0 unspecified atom stereocenters. The maximum absolute atomic E-state index is 11.5. The summed E-state index contributed by atoms with van der Waals surface area (Å²) in [5.41, 5.74) is 0.460. The molecular formula is C9H11BrN4O. The highest BCUT2D eigenvalue weighted by molar-refractivity contribution is 9.10. The molecule has 1 atom stereocenters. The van der Waals surface area contributed by atoms with Crippen molar-refractivity contribution in [2.75, 3.05) is 0 Å². The SMILES string of the molecule is CC[C@H](C)n1nc(Br)c2c(=O)[nH]cnc21. The van der Waals surface area contributed by atoms with Crippen molar-refractivity contribution in [3.8, 4) is 0 Å². The summed E-state index contributed by atoms with van der Waals surface area (Å²) in [5.74, 6) is 0. The second kappa shape index (κ2) is 3.77. The highest BCUT2D eigenvalue weighted by Crippen LogP contribution is 2.21. The maximum Gasteiger partial charge on any atom is 0.263 e. The van der Waals surface area contributed by atoms with E-state index in [9.17, 15) is 4.79 Å². The van der Waals surface area contributed by atoms with Gasteiger partial charge in [-0.05, 0) is 29.3 Å². The molecule has 80 valence electrons. The standard InChI is InChI=1S/C9H11BrN4O/c1-3-5(2)14-8-6(7(10)13-14)9(15)12-4-11-8/h4-5H,3H2,1-2H3,(H,11,12,15)/t5-/m0/s1. The van der Waals surface area contributed by atoms with Crippen LogP contribution in [0.2, 0.25) is 0 Å². The molecule has 5 nitrogen and oxygen atoms in total. The van der Waals surface area contributed by atoms with E-state index >= 15 is 0 Å². The first kappa shape index (κ1) is 10.4. The number of hydrogen-bond donors (Lipinski definition) is 1. The lowest BCUT2D eigenvalue weighted by atomic mass is 10.3. The third-order valence-corrected chi connectivity index (χ3v) is 3.02. The largest absolute Gasteiger partial charge is 0.312 e. The smallest absolute Gasteiger partial charge is 0.263 e. The highest BCUT2D eigenvalue weighted by Gasteiger charge is 2.15. The third-order valence-electron chi connectivity index (χ3n) is 2.46. The molecule has 0 aliphatic rings. The molecule has 6 heteroatoms. The van der Waals surface area contributed by atoms with Crippen molar-refractivity contribution < 1.29 is 0 Å². The monoisotopic (exact) mass is 270 g/mol. The van der Waals surface area contributed by atoms with Crippen molar-refractivity contribution in [1.82, 2.24) is 19.7 Å². The van der Waals surface area contributed by atoms with Crippen molar-refractivity contribution in [3.05, 3.63) is 21.3 Å². The minimum atomic E-state index is -0.165. The molecule has 2 aromatic rings. The second-order valence-electron chi connectivity index (χ2n) is 3.42. The number of aromatic nitrogens is 4. The first-order valence-corrected chi connectivity index (χ1v) is 5.55. The summed E-state index contributed by atoms with van der Waals surface area (Å²) in [4.78, 5) is 18.2. The van der Waals surface area contributed by atoms with Gasteiger partial charge in [-0.2, -0.15) is 5.10 Å². The van der Waals surface area contributed by atoms with Crippen LogP contribution >= 0.6 is 15.9 Å². The number of nitrogens with one attached hydrogen (secondary N) is 1. The van der Waals surface area contributed by atoms with Gasteiger partial charge in [0.05, 0.1) is 12.4 Å². The van der Waals surface area contributed by atoms with E-state index in [1.807, 2.05) is 6.92 Å². The number of rotatable bonds is 2. The van der Waals surface area contributed by atoms with Crippen LogP contribution in [0, 0.1) is 0 Å². The van der Waals surface area contributed by atoms with Crippen LogP contribution in [-0.4, -0.2) is 19.7 Å². The zero-order valence-corrected chi connectivity index (χ0v) is 10.1. The number of H-pyrrole nitrogens is 1. The molecule has 0 aromatic carbocycles. The Morgan fingerprint density at radius 2 is 2.40 bits per heavy atom. The molecule has 0 aliphatic carbocycles. The number of halogens is 1. The molecule has 1 N–H and O–H groups in total. The molecule has 2 heterocycles. The van der Waals surface area contributed by atoms with E-state index in [1.165, 1.54) is 6.33 Å². The molecule has 0 saturated heterocycles. The van der Waals surface area contributed by atoms with Gasteiger partial charge in [-0.15, -0.1) is 0 Å². The van der Waals surface area contributed by atoms with E-state index in [4.69, 9.17) is 0 Å². The first-order valence-electron chi connectivity index (χ1n) is 4.76. The van der Waals surface area contributed by atoms with E-state index in [0.29, 0.717) is 15.6 Å². The Hall–Kier alpha value is -1.17. The summed E-state index contributed by atoms with van der Waals surface area (Å²) >= 11 is 3.27. The summed E-state index contributed by atoms with van der Waals surface area (Å²) in [6, 6.07) is 0.230. The van der Waals surface area contributed by atoms with E-state index in [1.54, 1.807) is 4.68 Å². The molecule has 15 heavy (non-hydrogen) atoms. The molecule has 0 radical (unpaired) electrons. The van der Waals surface area contributed by atoms with Crippen molar-refractivity contribution in [2.24, 2.45) is 0 Å². The quantitative estimate of drug-likeness (QED) is 0.906. The van der Waals surface area contributed by atoms with Crippen LogP contribution in [0.4, 0.5) is 0 Å². The topological polar surface area (TPSA) is 63.6 Å². The molecule has 0 bridgehead atoms. The molecule has 0 amide bonds. The third kappa shape index (κ3) is 1.58. The van der Waals surface area contributed by atoms with Gasteiger partial charge < -0.3 is 4.98 Å². The van der Waals surface area contributed by atoms with Crippen LogP contribution in [0.25, 0.3) is 11.0 Å². The second-order valence-corrected chi connectivity index (χ2v) is 4.17. The predicted molar refractivity (Wildman–Crippen MR) is 60.9 cm³/mol. The van der Waals surface area contributed by atoms with Crippen LogP contribution in [0.5, 0.6) is 0 Å². The van der Waals surface area contributed by atoms with Crippen molar-refractivity contribution in [1.29, 1.82) is 0 Å². The number of nitrogens with zero attached hydrogens (tertiary/aromatic N) is 3. The Labute approximate surface area is 94.6 Å². The average Bonchev–Trinajstić information content (AvgIpc) is 2.56. The summed E-state index contributed by atoms with van der Waals surface area (Å²) in [7, 11) is 0. The summed E-state index contributed by atoms with van der Waals surface area (Å²) < 4.78 is 2.32. The van der Waals surface area contributed by atoms with Gasteiger partial charge in [0.1, 0.15) is 9.99 Å². The van der Waals surface area contributed by atoms with Crippen LogP contribution in [0.1, 0.15) is 26.3 Å². The lowest BCUT2D eigenvalue weighted by Crippen LogP contribution is -2.09. The van der Waals surface area contributed by atoms with Gasteiger partial charge in [0, 0.05) is 0 Å².